The van der Waals surface area contributed by atoms with E-state index in [4.69, 9.17) is 5.26 Å². The number of rotatable bonds is 2. The van der Waals surface area contributed by atoms with Crippen molar-refractivity contribution in [2.45, 2.75) is 0 Å². The van der Waals surface area contributed by atoms with E-state index in [-0.39, 0.29) is 5.91 Å². The highest BCUT2D eigenvalue weighted by Crippen LogP contribution is 2.30. The first kappa shape index (κ1) is 10.8. The van der Waals surface area contributed by atoms with Gasteiger partial charge in [0.15, 0.2) is 0 Å². The van der Waals surface area contributed by atoms with Gasteiger partial charge in [-0.3, -0.25) is 4.79 Å². The van der Waals surface area contributed by atoms with Gasteiger partial charge in [0.1, 0.15) is 0 Å². The number of hydrogen-bond donors (Lipinski definition) is 2. The standard InChI is InChI=1S/C11H11N3OS/c12-6-8-1-2-9-10(5-8)14(3-4-16)7-11(15)13-9/h1-2,5,16H,3-4,7H2,(H,13,15). The van der Waals surface area contributed by atoms with Crippen molar-refractivity contribution in [3.05, 3.63) is 23.8 Å². The number of carbonyl (C=O) groups is 1. The largest absolute Gasteiger partial charge is 0.360 e. The third-order valence-corrected chi connectivity index (χ3v) is 2.65. The van der Waals surface area contributed by atoms with E-state index in [0.29, 0.717) is 24.4 Å². The number of benzene rings is 1. The minimum atomic E-state index is -0.0287. The van der Waals surface area contributed by atoms with E-state index in [1.165, 1.54) is 0 Å². The van der Waals surface area contributed by atoms with E-state index < -0.39 is 0 Å². The average Bonchev–Trinajstić information content (AvgIpc) is 2.29. The number of carbonyl (C=O) groups excluding carboxylic acids is 1. The first-order valence-electron chi connectivity index (χ1n) is 4.94. The van der Waals surface area contributed by atoms with Crippen LogP contribution in [0.2, 0.25) is 0 Å². The molecule has 1 aliphatic heterocycles. The van der Waals surface area contributed by atoms with E-state index in [0.717, 1.165) is 11.4 Å². The second-order valence-electron chi connectivity index (χ2n) is 3.54. The first-order valence-corrected chi connectivity index (χ1v) is 5.57. The molecule has 0 atom stereocenters. The molecule has 16 heavy (non-hydrogen) atoms. The van der Waals surface area contributed by atoms with Crippen LogP contribution < -0.4 is 10.2 Å². The Morgan fingerprint density at radius 3 is 3.06 bits per heavy atom. The van der Waals surface area contributed by atoms with Crippen molar-refractivity contribution < 1.29 is 4.79 Å². The molecule has 1 N–H and O–H groups in total. The number of nitriles is 1. The van der Waals surface area contributed by atoms with Crippen LogP contribution in [0.1, 0.15) is 5.56 Å². The zero-order chi connectivity index (χ0) is 11.5. The Labute approximate surface area is 99.3 Å². The molecule has 0 aromatic heterocycles. The lowest BCUT2D eigenvalue weighted by Crippen LogP contribution is -2.39. The number of amides is 1. The normalized spacial score (nSPS) is 14.0. The average molecular weight is 233 g/mol. The fourth-order valence-electron chi connectivity index (χ4n) is 1.74. The SMILES string of the molecule is N#Cc1ccc2c(c1)N(CCS)CC(=O)N2. The van der Waals surface area contributed by atoms with Crippen molar-refractivity contribution in [1.82, 2.24) is 0 Å². The molecule has 1 aliphatic rings. The van der Waals surface area contributed by atoms with Crippen molar-refractivity contribution in [2.24, 2.45) is 0 Å². The van der Waals surface area contributed by atoms with E-state index >= 15 is 0 Å². The molecule has 0 saturated heterocycles. The zero-order valence-corrected chi connectivity index (χ0v) is 9.50. The summed E-state index contributed by atoms with van der Waals surface area (Å²) in [7, 11) is 0. The number of fused-ring (bicyclic) bond motifs is 1. The topological polar surface area (TPSA) is 56.1 Å². The van der Waals surface area contributed by atoms with Crippen molar-refractivity contribution in [3.63, 3.8) is 0 Å². The predicted octanol–water partition coefficient (Wildman–Crippen LogP) is 1.25. The van der Waals surface area contributed by atoms with Crippen LogP contribution in [0.5, 0.6) is 0 Å². The maximum Gasteiger partial charge on any atom is 0.243 e. The molecule has 1 amide bonds. The molecule has 4 nitrogen and oxygen atoms in total. The molecule has 0 radical (unpaired) electrons. The highest BCUT2D eigenvalue weighted by atomic mass is 32.1. The zero-order valence-electron chi connectivity index (χ0n) is 8.60. The van der Waals surface area contributed by atoms with Crippen LogP contribution in [0, 0.1) is 11.3 Å². The Balaban J connectivity index is 2.41. The van der Waals surface area contributed by atoms with Crippen LogP contribution in [0.25, 0.3) is 0 Å². The molecule has 2 rings (SSSR count). The Kier molecular flexibility index (Phi) is 3.02. The van der Waals surface area contributed by atoms with Gasteiger partial charge in [-0.05, 0) is 18.2 Å². The van der Waals surface area contributed by atoms with Crippen molar-refractivity contribution in [1.29, 1.82) is 5.26 Å². The lowest BCUT2D eigenvalue weighted by atomic mass is 10.1. The van der Waals surface area contributed by atoms with Crippen molar-refractivity contribution >= 4 is 29.9 Å². The van der Waals surface area contributed by atoms with Crippen LogP contribution in [0.3, 0.4) is 0 Å². The van der Waals surface area contributed by atoms with Crippen LogP contribution in [0.4, 0.5) is 11.4 Å². The minimum Gasteiger partial charge on any atom is -0.360 e. The van der Waals surface area contributed by atoms with E-state index in [1.54, 1.807) is 18.2 Å². The molecular formula is C11H11N3OS. The van der Waals surface area contributed by atoms with Crippen molar-refractivity contribution in [3.8, 4) is 6.07 Å². The Morgan fingerprint density at radius 1 is 1.56 bits per heavy atom. The molecule has 1 aromatic carbocycles. The third kappa shape index (κ3) is 1.97. The highest BCUT2D eigenvalue weighted by molar-refractivity contribution is 7.80. The molecular weight excluding hydrogens is 222 g/mol. The summed E-state index contributed by atoms with van der Waals surface area (Å²) in [6.45, 7) is 1.01. The molecule has 82 valence electrons. The lowest BCUT2D eigenvalue weighted by Gasteiger charge is -2.30. The van der Waals surface area contributed by atoms with Gasteiger partial charge in [-0.15, -0.1) is 0 Å². The summed E-state index contributed by atoms with van der Waals surface area (Å²) in [4.78, 5) is 13.4. The fourth-order valence-corrected chi connectivity index (χ4v) is 1.98. The number of thiol groups is 1. The van der Waals surface area contributed by atoms with Crippen LogP contribution in [-0.4, -0.2) is 24.7 Å². The summed E-state index contributed by atoms with van der Waals surface area (Å²) in [5.74, 6) is 0.641. The fraction of sp³-hybridized carbons (Fsp3) is 0.273. The van der Waals surface area contributed by atoms with Gasteiger partial charge in [0.05, 0.1) is 29.6 Å². The van der Waals surface area contributed by atoms with Crippen molar-refractivity contribution in [2.75, 3.05) is 29.1 Å². The molecule has 0 unspecified atom stereocenters. The predicted molar refractivity (Wildman–Crippen MR) is 65.9 cm³/mol. The molecule has 1 aromatic rings. The molecule has 0 fully saturated rings. The van der Waals surface area contributed by atoms with Crippen LogP contribution in [0.15, 0.2) is 18.2 Å². The molecule has 5 heteroatoms. The van der Waals surface area contributed by atoms with Gasteiger partial charge >= 0.3 is 0 Å². The summed E-state index contributed by atoms with van der Waals surface area (Å²) < 4.78 is 0. The summed E-state index contributed by atoms with van der Waals surface area (Å²) >= 11 is 4.16. The monoisotopic (exact) mass is 233 g/mol. The van der Waals surface area contributed by atoms with Crippen LogP contribution in [-0.2, 0) is 4.79 Å². The van der Waals surface area contributed by atoms with Gasteiger partial charge in [0, 0.05) is 12.3 Å². The molecule has 0 saturated carbocycles. The number of nitrogens with one attached hydrogen (secondary N) is 1. The molecule has 0 bridgehead atoms. The van der Waals surface area contributed by atoms with Gasteiger partial charge < -0.3 is 10.2 Å². The van der Waals surface area contributed by atoms with Gasteiger partial charge in [-0.25, -0.2) is 0 Å². The maximum absolute atomic E-state index is 11.4. The quantitative estimate of drug-likeness (QED) is 0.756. The number of anilines is 2. The molecule has 0 spiro atoms. The second kappa shape index (κ2) is 4.45. The Morgan fingerprint density at radius 2 is 2.38 bits per heavy atom. The number of hydrogen-bond acceptors (Lipinski definition) is 4. The van der Waals surface area contributed by atoms with E-state index in [1.807, 2.05) is 4.90 Å². The first-order chi connectivity index (χ1) is 7.74. The smallest absolute Gasteiger partial charge is 0.243 e. The van der Waals surface area contributed by atoms with E-state index in [9.17, 15) is 4.79 Å². The second-order valence-corrected chi connectivity index (χ2v) is 3.98. The third-order valence-electron chi connectivity index (χ3n) is 2.45. The summed E-state index contributed by atoms with van der Waals surface area (Å²) in [6.07, 6.45) is 0. The minimum absolute atomic E-state index is 0.0287. The Hall–Kier alpha value is -1.67. The molecule has 1 heterocycles. The van der Waals surface area contributed by atoms with Gasteiger partial charge in [0.25, 0.3) is 0 Å². The summed E-state index contributed by atoms with van der Waals surface area (Å²) in [5.41, 5.74) is 2.25. The Bertz CT molecular complexity index is 467. The van der Waals surface area contributed by atoms with Gasteiger partial charge in [-0.1, -0.05) is 0 Å². The summed E-state index contributed by atoms with van der Waals surface area (Å²) in [5, 5.41) is 11.6. The van der Waals surface area contributed by atoms with Gasteiger partial charge in [0.2, 0.25) is 5.91 Å². The molecule has 0 aliphatic carbocycles. The maximum atomic E-state index is 11.4. The number of nitrogens with zero attached hydrogens (tertiary/aromatic N) is 2. The van der Waals surface area contributed by atoms with E-state index in [2.05, 4.69) is 24.0 Å². The van der Waals surface area contributed by atoms with Gasteiger partial charge in [-0.2, -0.15) is 17.9 Å². The highest BCUT2D eigenvalue weighted by Gasteiger charge is 2.21. The summed E-state index contributed by atoms with van der Waals surface area (Å²) in [6, 6.07) is 7.34. The van der Waals surface area contributed by atoms with Crippen LogP contribution >= 0.6 is 12.6 Å². The lowest BCUT2D eigenvalue weighted by molar-refractivity contribution is -0.115.